The van der Waals surface area contributed by atoms with E-state index in [1.807, 2.05) is 0 Å². The molecule has 0 aromatic carbocycles. The maximum atomic E-state index is 11.7. The van der Waals surface area contributed by atoms with Crippen molar-refractivity contribution in [1.82, 2.24) is 0 Å². The summed E-state index contributed by atoms with van der Waals surface area (Å²) in [6, 6.07) is 2.16. The fourth-order valence-corrected chi connectivity index (χ4v) is 3.58. The number of carboxylic acid groups (broad SMARTS) is 1. The fraction of sp³-hybridized carbons (Fsp3) is 0.500. The molecule has 0 spiro atoms. The molecule has 6 heteroatoms. The van der Waals surface area contributed by atoms with E-state index in [4.69, 9.17) is 0 Å². The number of amides is 1. The third-order valence-electron chi connectivity index (χ3n) is 3.43. The molecule has 0 saturated heterocycles. The van der Waals surface area contributed by atoms with Crippen LogP contribution in [0.5, 0.6) is 0 Å². The highest BCUT2D eigenvalue weighted by Gasteiger charge is 2.24. The first kappa shape index (κ1) is 14.5. The molecule has 1 aromatic heterocycles. The average molecular weight is 291 g/mol. The van der Waals surface area contributed by atoms with E-state index >= 15 is 0 Å². The van der Waals surface area contributed by atoms with E-state index in [1.54, 1.807) is 0 Å². The maximum absolute atomic E-state index is 11.7. The van der Waals surface area contributed by atoms with E-state index in [0.717, 1.165) is 29.7 Å². The van der Waals surface area contributed by atoms with Crippen LogP contribution in [0.25, 0.3) is 0 Å². The second-order valence-corrected chi connectivity index (χ2v) is 6.19. The molecule has 2 rings (SSSR count). The van der Waals surface area contributed by atoms with Gasteiger partial charge >= 0.3 is 0 Å². The molecule has 0 fully saturated rings. The number of fused-ring (bicyclic) bond motifs is 1. The Hall–Kier alpha value is -1.87. The van der Waals surface area contributed by atoms with E-state index in [9.17, 15) is 20.0 Å². The predicted octanol–water partition coefficient (Wildman–Crippen LogP) is 1.21. The molecule has 0 bridgehead atoms. The normalized spacial score (nSPS) is 17.1. The number of aliphatic carboxylic acids is 1. The van der Waals surface area contributed by atoms with Gasteiger partial charge in [0.05, 0.1) is 5.56 Å². The summed E-state index contributed by atoms with van der Waals surface area (Å²) in [5.41, 5.74) is 1.59. The minimum absolute atomic E-state index is 0.133. The van der Waals surface area contributed by atoms with Gasteiger partial charge in [0.1, 0.15) is 11.1 Å². The Kier molecular flexibility index (Phi) is 4.40. The maximum Gasteiger partial charge on any atom is 0.225 e. The monoisotopic (exact) mass is 291 g/mol. The van der Waals surface area contributed by atoms with Crippen molar-refractivity contribution in [2.75, 3.05) is 5.32 Å². The van der Waals surface area contributed by atoms with E-state index in [0.29, 0.717) is 16.5 Å². The fourth-order valence-electron chi connectivity index (χ4n) is 2.37. The highest BCUT2D eigenvalue weighted by atomic mass is 32.1. The first-order chi connectivity index (χ1) is 9.51. The van der Waals surface area contributed by atoms with Gasteiger partial charge in [0.2, 0.25) is 5.91 Å². The van der Waals surface area contributed by atoms with Crippen molar-refractivity contribution in [2.24, 2.45) is 5.92 Å². The highest BCUT2D eigenvalue weighted by Crippen LogP contribution is 2.39. The summed E-state index contributed by atoms with van der Waals surface area (Å²) >= 11 is 1.43. The van der Waals surface area contributed by atoms with Gasteiger partial charge in [-0.15, -0.1) is 11.3 Å². The van der Waals surface area contributed by atoms with Crippen LogP contribution in [0.4, 0.5) is 5.00 Å². The first-order valence-electron chi connectivity index (χ1n) is 6.55. The van der Waals surface area contributed by atoms with Crippen molar-refractivity contribution in [2.45, 2.75) is 39.0 Å². The van der Waals surface area contributed by atoms with Gasteiger partial charge in [-0.05, 0) is 37.2 Å². The molecule has 20 heavy (non-hydrogen) atoms. The largest absolute Gasteiger partial charge is 0.550 e. The van der Waals surface area contributed by atoms with Crippen LogP contribution in [0.1, 0.15) is 42.2 Å². The van der Waals surface area contributed by atoms with E-state index in [2.05, 4.69) is 18.3 Å². The van der Waals surface area contributed by atoms with Crippen LogP contribution in [0, 0.1) is 17.2 Å². The number of carbonyl (C=O) groups is 2. The summed E-state index contributed by atoms with van der Waals surface area (Å²) in [5.74, 6) is -1.09. The lowest BCUT2D eigenvalue weighted by Crippen LogP contribution is -2.24. The summed E-state index contributed by atoms with van der Waals surface area (Å²) in [5, 5.41) is 22.8. The molecule has 1 aromatic rings. The van der Waals surface area contributed by atoms with Gasteiger partial charge in [0.15, 0.2) is 0 Å². The quantitative estimate of drug-likeness (QED) is 0.902. The molecule has 0 radical (unpaired) electrons. The number of thiophene rings is 1. The molecular formula is C14H15N2O3S-. The van der Waals surface area contributed by atoms with Crippen LogP contribution in [0.2, 0.25) is 0 Å². The number of anilines is 1. The molecule has 0 saturated carbocycles. The summed E-state index contributed by atoms with van der Waals surface area (Å²) in [4.78, 5) is 23.2. The standard InChI is InChI=1S/C14H16N2O3S/c1-8-2-3-11-9(6-8)10(7-15)14(20-11)16-12(17)4-5-13(18)19/h8H,2-6H2,1H3,(H,16,17)(H,18,19)/p-1/t8-/m1/s1. The molecular weight excluding hydrogens is 276 g/mol. The van der Waals surface area contributed by atoms with Crippen LogP contribution in [-0.2, 0) is 22.4 Å². The van der Waals surface area contributed by atoms with Crippen molar-refractivity contribution in [3.05, 3.63) is 16.0 Å². The highest BCUT2D eigenvalue weighted by molar-refractivity contribution is 7.16. The van der Waals surface area contributed by atoms with Gasteiger partial charge in [-0.3, -0.25) is 4.79 Å². The lowest BCUT2D eigenvalue weighted by atomic mass is 9.88. The van der Waals surface area contributed by atoms with Crippen LogP contribution < -0.4 is 10.4 Å². The molecule has 0 unspecified atom stereocenters. The summed E-state index contributed by atoms with van der Waals surface area (Å²) in [6.07, 6.45) is 2.45. The van der Waals surface area contributed by atoms with E-state index in [1.165, 1.54) is 11.3 Å². The molecule has 1 N–H and O–H groups in total. The summed E-state index contributed by atoms with van der Waals surface area (Å²) in [6.45, 7) is 2.15. The predicted molar refractivity (Wildman–Crippen MR) is 73.1 cm³/mol. The van der Waals surface area contributed by atoms with Gasteiger partial charge < -0.3 is 15.2 Å². The van der Waals surface area contributed by atoms with Gasteiger partial charge in [-0.2, -0.15) is 5.26 Å². The van der Waals surface area contributed by atoms with E-state index < -0.39 is 11.9 Å². The van der Waals surface area contributed by atoms with Crippen molar-refractivity contribution in [1.29, 1.82) is 5.26 Å². The number of carbonyl (C=O) groups excluding carboxylic acids is 2. The molecule has 1 heterocycles. The van der Waals surface area contributed by atoms with Gasteiger partial charge in [-0.1, -0.05) is 6.92 Å². The van der Waals surface area contributed by atoms with Crippen LogP contribution in [-0.4, -0.2) is 11.9 Å². The zero-order valence-corrected chi connectivity index (χ0v) is 12.0. The number of hydrogen-bond donors (Lipinski definition) is 1. The van der Waals surface area contributed by atoms with Crippen molar-refractivity contribution < 1.29 is 14.7 Å². The van der Waals surface area contributed by atoms with E-state index in [-0.39, 0.29) is 12.8 Å². The molecule has 1 aliphatic rings. The minimum atomic E-state index is -1.25. The number of carboxylic acids is 1. The van der Waals surface area contributed by atoms with Gasteiger partial charge in [0.25, 0.3) is 0 Å². The third kappa shape index (κ3) is 3.17. The topological polar surface area (TPSA) is 93.0 Å². The first-order valence-corrected chi connectivity index (χ1v) is 7.37. The Labute approximate surface area is 121 Å². The number of aryl methyl sites for hydroxylation is 1. The van der Waals surface area contributed by atoms with Gasteiger partial charge in [-0.25, -0.2) is 0 Å². The van der Waals surface area contributed by atoms with Crippen molar-refractivity contribution in [3.63, 3.8) is 0 Å². The third-order valence-corrected chi connectivity index (χ3v) is 4.64. The Morgan fingerprint density at radius 3 is 2.90 bits per heavy atom. The number of rotatable bonds is 4. The second-order valence-electron chi connectivity index (χ2n) is 5.09. The number of nitrogens with one attached hydrogen (secondary N) is 1. The number of nitrogens with zero attached hydrogens (tertiary/aromatic N) is 1. The Balaban J connectivity index is 2.15. The Morgan fingerprint density at radius 1 is 1.50 bits per heavy atom. The smallest absolute Gasteiger partial charge is 0.225 e. The lowest BCUT2D eigenvalue weighted by Gasteiger charge is -2.17. The summed E-state index contributed by atoms with van der Waals surface area (Å²) in [7, 11) is 0. The lowest BCUT2D eigenvalue weighted by molar-refractivity contribution is -0.305. The summed E-state index contributed by atoms with van der Waals surface area (Å²) < 4.78 is 0. The molecule has 1 aliphatic carbocycles. The average Bonchev–Trinajstić information content (AvgIpc) is 2.72. The minimum Gasteiger partial charge on any atom is -0.550 e. The zero-order chi connectivity index (χ0) is 14.7. The van der Waals surface area contributed by atoms with Crippen molar-refractivity contribution >= 4 is 28.2 Å². The molecule has 106 valence electrons. The Morgan fingerprint density at radius 2 is 2.25 bits per heavy atom. The SMILES string of the molecule is C[C@@H]1CCc2sc(NC(=O)CCC(=O)[O-])c(C#N)c2C1. The molecule has 1 atom stereocenters. The van der Waals surface area contributed by atoms with Gasteiger partial charge in [0, 0.05) is 17.3 Å². The zero-order valence-electron chi connectivity index (χ0n) is 11.2. The number of hydrogen-bond acceptors (Lipinski definition) is 5. The molecule has 0 aliphatic heterocycles. The Bertz CT molecular complexity index is 586. The second kappa shape index (κ2) is 6.06. The van der Waals surface area contributed by atoms with Crippen LogP contribution in [0.3, 0.4) is 0 Å². The van der Waals surface area contributed by atoms with Crippen molar-refractivity contribution in [3.8, 4) is 6.07 Å². The number of nitriles is 1. The van der Waals surface area contributed by atoms with Crippen LogP contribution in [0.15, 0.2) is 0 Å². The van der Waals surface area contributed by atoms with Crippen LogP contribution >= 0.6 is 11.3 Å². The molecule has 1 amide bonds. The molecule has 5 nitrogen and oxygen atoms in total.